The van der Waals surface area contributed by atoms with Crippen LogP contribution < -0.4 is 10.5 Å². The van der Waals surface area contributed by atoms with Gasteiger partial charge in [0.05, 0.1) is 17.9 Å². The van der Waals surface area contributed by atoms with Crippen LogP contribution in [0.1, 0.15) is 30.7 Å². The summed E-state index contributed by atoms with van der Waals surface area (Å²) >= 11 is 0. The van der Waals surface area contributed by atoms with Gasteiger partial charge in [-0.1, -0.05) is 6.07 Å². The van der Waals surface area contributed by atoms with Crippen LogP contribution in [0.3, 0.4) is 0 Å². The molecule has 7 nitrogen and oxygen atoms in total. The SMILES string of the molecule is CC1CN(c2nc3c(c(=O)[nH]2)CCN(Cc2cccnc2)C3)CC(C)O1. The molecule has 1 N–H and O–H groups in total. The first-order valence-electron chi connectivity index (χ1n) is 9.22. The zero-order chi connectivity index (χ0) is 18.1. The van der Waals surface area contributed by atoms with Gasteiger partial charge in [0.1, 0.15) is 0 Å². The summed E-state index contributed by atoms with van der Waals surface area (Å²) in [5, 5.41) is 0. The van der Waals surface area contributed by atoms with E-state index in [2.05, 4.69) is 39.7 Å². The van der Waals surface area contributed by atoms with Gasteiger partial charge in [0, 0.05) is 50.7 Å². The Balaban J connectivity index is 1.55. The number of nitrogens with zero attached hydrogens (tertiary/aromatic N) is 4. The minimum atomic E-state index is -0.00201. The Morgan fingerprint density at radius 2 is 2.12 bits per heavy atom. The van der Waals surface area contributed by atoms with Gasteiger partial charge < -0.3 is 9.64 Å². The minimum Gasteiger partial charge on any atom is -0.372 e. The molecule has 0 saturated carbocycles. The van der Waals surface area contributed by atoms with Gasteiger partial charge in [0.2, 0.25) is 5.95 Å². The van der Waals surface area contributed by atoms with Crippen molar-refractivity contribution in [1.29, 1.82) is 0 Å². The Morgan fingerprint density at radius 3 is 2.85 bits per heavy atom. The van der Waals surface area contributed by atoms with Crippen LogP contribution in [0.2, 0.25) is 0 Å². The molecule has 0 aromatic carbocycles. The van der Waals surface area contributed by atoms with Crippen molar-refractivity contribution in [3.05, 3.63) is 51.7 Å². The molecule has 26 heavy (non-hydrogen) atoms. The maximum atomic E-state index is 12.6. The summed E-state index contributed by atoms with van der Waals surface area (Å²) in [5.74, 6) is 0.666. The number of anilines is 1. The monoisotopic (exact) mass is 355 g/mol. The summed E-state index contributed by atoms with van der Waals surface area (Å²) in [6.45, 7) is 7.96. The largest absolute Gasteiger partial charge is 0.372 e. The molecule has 2 aromatic heterocycles. The topological polar surface area (TPSA) is 74.4 Å². The molecular weight excluding hydrogens is 330 g/mol. The third kappa shape index (κ3) is 3.64. The molecular formula is C19H25N5O2. The maximum absolute atomic E-state index is 12.6. The predicted molar refractivity (Wildman–Crippen MR) is 99.1 cm³/mol. The van der Waals surface area contributed by atoms with Gasteiger partial charge in [-0.15, -0.1) is 0 Å². The maximum Gasteiger partial charge on any atom is 0.255 e. The number of morpholine rings is 1. The van der Waals surface area contributed by atoms with E-state index in [9.17, 15) is 4.79 Å². The fourth-order valence-electron chi connectivity index (χ4n) is 3.87. The highest BCUT2D eigenvalue weighted by Crippen LogP contribution is 2.20. The average Bonchev–Trinajstić information content (AvgIpc) is 2.61. The molecule has 2 aromatic rings. The van der Waals surface area contributed by atoms with Crippen molar-refractivity contribution in [2.75, 3.05) is 24.5 Å². The van der Waals surface area contributed by atoms with Gasteiger partial charge in [0.15, 0.2) is 0 Å². The Hall–Kier alpha value is -2.25. The molecule has 2 unspecified atom stereocenters. The highest BCUT2D eigenvalue weighted by atomic mass is 16.5. The van der Waals surface area contributed by atoms with E-state index in [0.717, 1.165) is 43.9 Å². The lowest BCUT2D eigenvalue weighted by Crippen LogP contribution is -2.47. The second-order valence-corrected chi connectivity index (χ2v) is 7.30. The average molecular weight is 355 g/mol. The quantitative estimate of drug-likeness (QED) is 0.896. The van der Waals surface area contributed by atoms with Gasteiger partial charge >= 0.3 is 0 Å². The second kappa shape index (κ2) is 7.17. The lowest BCUT2D eigenvalue weighted by Gasteiger charge is -2.36. The van der Waals surface area contributed by atoms with Gasteiger partial charge in [-0.2, -0.15) is 0 Å². The van der Waals surface area contributed by atoms with Crippen molar-refractivity contribution >= 4 is 5.95 Å². The molecule has 4 rings (SSSR count). The number of aromatic nitrogens is 3. The van der Waals surface area contributed by atoms with Crippen LogP contribution in [0.15, 0.2) is 29.3 Å². The molecule has 7 heteroatoms. The van der Waals surface area contributed by atoms with Gasteiger partial charge in [-0.05, 0) is 31.9 Å². The fourth-order valence-corrected chi connectivity index (χ4v) is 3.87. The van der Waals surface area contributed by atoms with E-state index in [4.69, 9.17) is 9.72 Å². The zero-order valence-electron chi connectivity index (χ0n) is 15.3. The summed E-state index contributed by atoms with van der Waals surface area (Å²) < 4.78 is 5.79. The molecule has 1 saturated heterocycles. The Kier molecular flexibility index (Phi) is 4.74. The van der Waals surface area contributed by atoms with E-state index in [1.54, 1.807) is 6.20 Å². The summed E-state index contributed by atoms with van der Waals surface area (Å²) in [6, 6.07) is 4.03. The standard InChI is InChI=1S/C19H25N5O2/c1-13-9-24(10-14(2)26-13)19-21-17-12-23(7-5-16(17)18(25)22-19)11-15-4-3-6-20-8-15/h3-4,6,8,13-14H,5,7,9-12H2,1-2H3,(H,21,22,25). The molecule has 0 amide bonds. The van der Waals surface area contributed by atoms with Crippen LogP contribution >= 0.6 is 0 Å². The van der Waals surface area contributed by atoms with E-state index in [-0.39, 0.29) is 17.8 Å². The summed E-state index contributed by atoms with van der Waals surface area (Å²) in [6.07, 6.45) is 4.66. The van der Waals surface area contributed by atoms with E-state index in [1.807, 2.05) is 12.3 Å². The van der Waals surface area contributed by atoms with Gasteiger partial charge in [0.25, 0.3) is 5.56 Å². The van der Waals surface area contributed by atoms with Crippen LogP contribution in [-0.4, -0.2) is 51.7 Å². The molecule has 1 fully saturated rings. The third-order valence-electron chi connectivity index (χ3n) is 4.99. The highest BCUT2D eigenvalue weighted by Gasteiger charge is 2.26. The number of rotatable bonds is 3. The van der Waals surface area contributed by atoms with Crippen molar-refractivity contribution in [1.82, 2.24) is 19.9 Å². The lowest BCUT2D eigenvalue weighted by molar-refractivity contribution is -0.00576. The summed E-state index contributed by atoms with van der Waals surface area (Å²) in [5.41, 5.74) is 2.89. The Labute approximate surface area is 153 Å². The van der Waals surface area contributed by atoms with Crippen LogP contribution in [0.4, 0.5) is 5.95 Å². The number of ether oxygens (including phenoxy) is 1. The number of aromatic amines is 1. The third-order valence-corrected chi connectivity index (χ3v) is 4.99. The molecule has 138 valence electrons. The van der Waals surface area contributed by atoms with Crippen molar-refractivity contribution in [2.45, 2.75) is 45.6 Å². The van der Waals surface area contributed by atoms with Gasteiger partial charge in [-0.25, -0.2) is 4.98 Å². The van der Waals surface area contributed by atoms with Crippen LogP contribution in [0.5, 0.6) is 0 Å². The Bertz CT molecular complexity index is 812. The lowest BCUT2D eigenvalue weighted by atomic mass is 10.1. The van der Waals surface area contributed by atoms with Crippen molar-refractivity contribution in [2.24, 2.45) is 0 Å². The predicted octanol–water partition coefficient (Wildman–Crippen LogP) is 1.34. The zero-order valence-corrected chi connectivity index (χ0v) is 15.3. The molecule has 2 aliphatic heterocycles. The molecule has 2 atom stereocenters. The van der Waals surface area contributed by atoms with E-state index < -0.39 is 0 Å². The molecule has 2 aliphatic rings. The first kappa shape index (κ1) is 17.2. The Morgan fingerprint density at radius 1 is 1.31 bits per heavy atom. The molecule has 0 aliphatic carbocycles. The van der Waals surface area contributed by atoms with Crippen molar-refractivity contribution in [3.8, 4) is 0 Å². The number of hydrogen-bond donors (Lipinski definition) is 1. The van der Waals surface area contributed by atoms with E-state index >= 15 is 0 Å². The second-order valence-electron chi connectivity index (χ2n) is 7.30. The van der Waals surface area contributed by atoms with E-state index in [0.29, 0.717) is 12.5 Å². The first-order valence-corrected chi connectivity index (χ1v) is 9.22. The smallest absolute Gasteiger partial charge is 0.255 e. The van der Waals surface area contributed by atoms with Gasteiger partial charge in [-0.3, -0.25) is 19.7 Å². The first-order chi connectivity index (χ1) is 12.6. The molecule has 0 bridgehead atoms. The number of nitrogens with one attached hydrogen (secondary N) is 1. The molecule has 0 radical (unpaired) electrons. The van der Waals surface area contributed by atoms with Crippen LogP contribution in [-0.2, 0) is 24.2 Å². The number of fused-ring (bicyclic) bond motifs is 1. The normalized spacial score (nSPS) is 23.7. The van der Waals surface area contributed by atoms with Crippen LogP contribution in [0, 0.1) is 0 Å². The number of hydrogen-bond acceptors (Lipinski definition) is 6. The van der Waals surface area contributed by atoms with Crippen LogP contribution in [0.25, 0.3) is 0 Å². The molecule has 0 spiro atoms. The highest BCUT2D eigenvalue weighted by molar-refractivity contribution is 5.35. The minimum absolute atomic E-state index is 0.00201. The number of pyridine rings is 1. The van der Waals surface area contributed by atoms with Crippen molar-refractivity contribution < 1.29 is 4.74 Å². The summed E-state index contributed by atoms with van der Waals surface area (Å²) in [7, 11) is 0. The number of H-pyrrole nitrogens is 1. The summed E-state index contributed by atoms with van der Waals surface area (Å²) in [4.78, 5) is 29.0. The molecule has 4 heterocycles. The fraction of sp³-hybridized carbons (Fsp3) is 0.526. The van der Waals surface area contributed by atoms with E-state index in [1.165, 1.54) is 5.56 Å². The van der Waals surface area contributed by atoms with Crippen molar-refractivity contribution in [3.63, 3.8) is 0 Å².